The molecule has 2 atom stereocenters. The van der Waals surface area contributed by atoms with E-state index in [1.807, 2.05) is 6.07 Å². The van der Waals surface area contributed by atoms with Gasteiger partial charge in [0.15, 0.2) is 11.5 Å². The third kappa shape index (κ3) is 5.18. The molecule has 1 aliphatic heterocycles. The van der Waals surface area contributed by atoms with Crippen molar-refractivity contribution in [3.8, 4) is 11.5 Å². The second-order valence-electron chi connectivity index (χ2n) is 8.59. The maximum atomic E-state index is 13.0. The van der Waals surface area contributed by atoms with Gasteiger partial charge < -0.3 is 14.8 Å². The van der Waals surface area contributed by atoms with Crippen LogP contribution in [0.15, 0.2) is 41.5 Å². The minimum absolute atomic E-state index is 0.0363. The molecule has 2 unspecified atom stereocenters. The Bertz CT molecular complexity index is 759. The fourth-order valence-electron chi connectivity index (χ4n) is 3.94. The van der Waals surface area contributed by atoms with Crippen LogP contribution in [0.4, 0.5) is 0 Å². The molecule has 0 saturated heterocycles. The van der Waals surface area contributed by atoms with Crippen LogP contribution >= 0.6 is 0 Å². The Balaban J connectivity index is 1.78. The summed E-state index contributed by atoms with van der Waals surface area (Å²) in [5.41, 5.74) is 3.91. The number of hydrogen-bond acceptors (Lipinski definition) is 3. The topological polar surface area (TPSA) is 47.6 Å². The van der Waals surface area contributed by atoms with Crippen LogP contribution in [0.5, 0.6) is 11.5 Å². The Kier molecular flexibility index (Phi) is 6.82. The van der Waals surface area contributed by atoms with E-state index in [1.165, 1.54) is 11.1 Å². The smallest absolute Gasteiger partial charge is 0.231 e. The zero-order valence-corrected chi connectivity index (χ0v) is 17.6. The van der Waals surface area contributed by atoms with Crippen LogP contribution in [0.2, 0.25) is 0 Å². The molecule has 0 aromatic heterocycles. The van der Waals surface area contributed by atoms with Gasteiger partial charge in [0, 0.05) is 12.5 Å². The number of fused-ring (bicyclic) bond motifs is 1. The van der Waals surface area contributed by atoms with Gasteiger partial charge in [0.05, 0.1) is 0 Å². The van der Waals surface area contributed by atoms with Crippen molar-refractivity contribution in [1.29, 1.82) is 0 Å². The van der Waals surface area contributed by atoms with Gasteiger partial charge in [-0.05, 0) is 69.1 Å². The number of benzene rings is 1. The number of allylic oxidation sites excluding steroid dienone is 4. The van der Waals surface area contributed by atoms with E-state index in [9.17, 15) is 4.79 Å². The Morgan fingerprint density at radius 1 is 1.25 bits per heavy atom. The van der Waals surface area contributed by atoms with Crippen molar-refractivity contribution < 1.29 is 14.3 Å². The molecule has 0 saturated carbocycles. The minimum Gasteiger partial charge on any atom is -0.454 e. The fraction of sp³-hybridized carbons (Fsp3) is 0.542. The van der Waals surface area contributed by atoms with Crippen LogP contribution in [0.25, 0.3) is 0 Å². The van der Waals surface area contributed by atoms with Crippen molar-refractivity contribution in [3.63, 3.8) is 0 Å². The summed E-state index contributed by atoms with van der Waals surface area (Å²) in [5, 5.41) is 3.16. The lowest BCUT2D eigenvalue weighted by Gasteiger charge is -2.31. The Hall–Kier alpha value is -2.23. The second-order valence-corrected chi connectivity index (χ2v) is 8.59. The summed E-state index contributed by atoms with van der Waals surface area (Å²) in [7, 11) is 0. The summed E-state index contributed by atoms with van der Waals surface area (Å²) >= 11 is 0. The van der Waals surface area contributed by atoms with E-state index in [0.29, 0.717) is 5.92 Å². The third-order valence-electron chi connectivity index (χ3n) is 5.49. The maximum absolute atomic E-state index is 13.0. The highest BCUT2D eigenvalue weighted by atomic mass is 16.7. The predicted molar refractivity (Wildman–Crippen MR) is 113 cm³/mol. The summed E-state index contributed by atoms with van der Waals surface area (Å²) in [6.07, 6.45) is 8.43. The molecule has 1 aromatic carbocycles. The van der Waals surface area contributed by atoms with E-state index >= 15 is 0 Å². The molecule has 3 rings (SSSR count). The Morgan fingerprint density at radius 3 is 2.79 bits per heavy atom. The first-order chi connectivity index (χ1) is 13.4. The first-order valence-corrected chi connectivity index (χ1v) is 10.4. The molecule has 0 radical (unpaired) electrons. The van der Waals surface area contributed by atoms with Crippen molar-refractivity contribution in [1.82, 2.24) is 5.32 Å². The minimum atomic E-state index is -0.0363. The maximum Gasteiger partial charge on any atom is 0.231 e. The second kappa shape index (κ2) is 9.31. The molecule has 1 N–H and O–H groups in total. The molecule has 1 aromatic rings. The molecule has 4 heteroatoms. The number of rotatable bonds is 7. The normalized spacial score (nSPS) is 20.7. The summed E-state index contributed by atoms with van der Waals surface area (Å²) in [6, 6.07) is 6.11. The molecule has 1 amide bonds. The first-order valence-electron chi connectivity index (χ1n) is 10.4. The summed E-state index contributed by atoms with van der Waals surface area (Å²) in [5.74, 6) is 2.34. The van der Waals surface area contributed by atoms with E-state index in [4.69, 9.17) is 9.47 Å². The molecular weight excluding hydrogens is 350 g/mol. The quantitative estimate of drug-likeness (QED) is 0.645. The lowest BCUT2D eigenvalue weighted by molar-refractivity contribution is -0.126. The fourth-order valence-corrected chi connectivity index (χ4v) is 3.94. The third-order valence-corrected chi connectivity index (χ3v) is 5.49. The average Bonchev–Trinajstić information content (AvgIpc) is 3.13. The molecule has 28 heavy (non-hydrogen) atoms. The summed E-state index contributed by atoms with van der Waals surface area (Å²) < 4.78 is 11.0. The van der Waals surface area contributed by atoms with Crippen LogP contribution in [0, 0.1) is 11.8 Å². The lowest BCUT2D eigenvalue weighted by Crippen LogP contribution is -2.37. The molecule has 1 aliphatic carbocycles. The largest absolute Gasteiger partial charge is 0.454 e. The zero-order chi connectivity index (χ0) is 20.1. The highest BCUT2D eigenvalue weighted by Crippen LogP contribution is 2.42. The molecule has 2 aliphatic rings. The average molecular weight is 384 g/mol. The van der Waals surface area contributed by atoms with Gasteiger partial charge in [0.2, 0.25) is 12.7 Å². The highest BCUT2D eigenvalue weighted by molar-refractivity contribution is 5.80. The van der Waals surface area contributed by atoms with Crippen molar-refractivity contribution >= 4 is 5.91 Å². The Morgan fingerprint density at radius 2 is 2.04 bits per heavy atom. The van der Waals surface area contributed by atoms with E-state index < -0.39 is 0 Å². The van der Waals surface area contributed by atoms with E-state index in [0.717, 1.165) is 49.3 Å². The van der Waals surface area contributed by atoms with Gasteiger partial charge in [-0.3, -0.25) is 4.79 Å². The van der Waals surface area contributed by atoms with Crippen LogP contribution in [-0.4, -0.2) is 19.2 Å². The van der Waals surface area contributed by atoms with Gasteiger partial charge in [-0.15, -0.1) is 0 Å². The number of carbonyl (C=O) groups excluding carboxylic acids is 1. The van der Waals surface area contributed by atoms with Crippen molar-refractivity contribution in [3.05, 3.63) is 47.1 Å². The SMILES string of the molecule is CC(C)=CCCC1=CCC(c2ccc3c(c2)OCO3)C(C(=O)NCC(C)C)C1. The summed E-state index contributed by atoms with van der Waals surface area (Å²) in [4.78, 5) is 13.0. The van der Waals surface area contributed by atoms with Crippen LogP contribution in [-0.2, 0) is 4.79 Å². The summed E-state index contributed by atoms with van der Waals surface area (Å²) in [6.45, 7) is 9.51. The predicted octanol–water partition coefficient (Wildman–Crippen LogP) is 5.35. The first kappa shape index (κ1) is 20.5. The molecule has 152 valence electrons. The van der Waals surface area contributed by atoms with Gasteiger partial charge in [-0.2, -0.15) is 0 Å². The number of hydrogen-bond donors (Lipinski definition) is 1. The standard InChI is InChI=1S/C24H33NO3/c1-16(2)6-5-7-18-8-10-20(21(12-18)24(26)25-14-17(3)4)19-9-11-22-23(13-19)28-15-27-22/h6,8-9,11,13,17,20-21H,5,7,10,12,14-15H2,1-4H3,(H,25,26). The van der Waals surface area contributed by atoms with Gasteiger partial charge in [0.25, 0.3) is 0 Å². The van der Waals surface area contributed by atoms with Gasteiger partial charge in [-0.25, -0.2) is 0 Å². The zero-order valence-electron chi connectivity index (χ0n) is 17.6. The van der Waals surface area contributed by atoms with E-state index in [-0.39, 0.29) is 24.5 Å². The van der Waals surface area contributed by atoms with Gasteiger partial charge in [0.1, 0.15) is 0 Å². The molecule has 0 bridgehead atoms. The molecule has 1 heterocycles. The van der Waals surface area contributed by atoms with Crippen molar-refractivity contribution in [2.45, 2.75) is 59.3 Å². The van der Waals surface area contributed by atoms with E-state index in [2.05, 4.69) is 57.3 Å². The molecule has 0 spiro atoms. The molecular formula is C24H33NO3. The number of amides is 1. The highest BCUT2D eigenvalue weighted by Gasteiger charge is 2.33. The molecule has 4 nitrogen and oxygen atoms in total. The number of carbonyl (C=O) groups is 1. The monoisotopic (exact) mass is 383 g/mol. The van der Waals surface area contributed by atoms with Crippen LogP contribution in [0.1, 0.15) is 64.9 Å². The van der Waals surface area contributed by atoms with Crippen LogP contribution in [0.3, 0.4) is 0 Å². The van der Waals surface area contributed by atoms with Gasteiger partial charge in [-0.1, -0.05) is 43.2 Å². The van der Waals surface area contributed by atoms with Crippen molar-refractivity contribution in [2.75, 3.05) is 13.3 Å². The van der Waals surface area contributed by atoms with Gasteiger partial charge >= 0.3 is 0 Å². The van der Waals surface area contributed by atoms with Crippen molar-refractivity contribution in [2.24, 2.45) is 11.8 Å². The Labute approximate surface area is 169 Å². The van der Waals surface area contributed by atoms with Crippen LogP contribution < -0.4 is 14.8 Å². The lowest BCUT2D eigenvalue weighted by atomic mass is 9.74. The number of ether oxygens (including phenoxy) is 2. The molecule has 0 fully saturated rings. The number of nitrogens with one attached hydrogen (secondary N) is 1. The van der Waals surface area contributed by atoms with E-state index in [1.54, 1.807) is 0 Å².